The molecule has 1 aromatic rings. The van der Waals surface area contributed by atoms with Crippen molar-refractivity contribution in [2.24, 2.45) is 0 Å². The molecule has 1 heterocycles. The van der Waals surface area contributed by atoms with Gasteiger partial charge in [0.2, 0.25) is 5.91 Å². The van der Waals surface area contributed by atoms with E-state index in [4.69, 9.17) is 5.26 Å². The van der Waals surface area contributed by atoms with Crippen LogP contribution in [0.5, 0.6) is 0 Å². The third-order valence-corrected chi connectivity index (χ3v) is 2.38. The number of nitriles is 1. The predicted molar refractivity (Wildman–Crippen MR) is 68.6 cm³/mol. The second kappa shape index (κ2) is 5.10. The zero-order valence-corrected chi connectivity index (χ0v) is 11.3. The average molecular weight is 264 g/mol. The molecule has 1 rings (SSSR count). The number of H-pyrrole nitrogens is 1. The standard InChI is InChI=1S/C12H16N4O3/c1-7(9(17)15-12(2,3)4)16-6-8(5-13)10(18)14-11(16)19/h6-7H,1-4H3,(H,15,17)(H,14,18,19). The van der Waals surface area contributed by atoms with E-state index in [1.54, 1.807) is 6.07 Å². The van der Waals surface area contributed by atoms with Gasteiger partial charge in [0.15, 0.2) is 0 Å². The van der Waals surface area contributed by atoms with Crippen molar-refractivity contribution in [2.75, 3.05) is 0 Å². The molecule has 0 fully saturated rings. The summed E-state index contributed by atoms with van der Waals surface area (Å²) in [4.78, 5) is 36.8. The van der Waals surface area contributed by atoms with Gasteiger partial charge in [0.1, 0.15) is 17.7 Å². The fourth-order valence-corrected chi connectivity index (χ4v) is 1.45. The van der Waals surface area contributed by atoms with Crippen LogP contribution >= 0.6 is 0 Å². The first-order valence-electron chi connectivity index (χ1n) is 5.73. The lowest BCUT2D eigenvalue weighted by molar-refractivity contribution is -0.125. The molecule has 0 aliphatic rings. The van der Waals surface area contributed by atoms with E-state index >= 15 is 0 Å². The number of rotatable bonds is 2. The molecule has 1 atom stereocenters. The minimum Gasteiger partial charge on any atom is -0.350 e. The van der Waals surface area contributed by atoms with Gasteiger partial charge in [0, 0.05) is 11.7 Å². The number of hydrogen-bond acceptors (Lipinski definition) is 4. The molecule has 0 saturated heterocycles. The van der Waals surface area contributed by atoms with Crippen molar-refractivity contribution in [1.82, 2.24) is 14.9 Å². The van der Waals surface area contributed by atoms with E-state index in [0.717, 1.165) is 10.8 Å². The molecular formula is C12H16N4O3. The minimum atomic E-state index is -0.823. The van der Waals surface area contributed by atoms with E-state index in [0.29, 0.717) is 0 Å². The van der Waals surface area contributed by atoms with Crippen LogP contribution in [0.4, 0.5) is 0 Å². The number of amides is 1. The topological polar surface area (TPSA) is 108 Å². The molecule has 1 amide bonds. The van der Waals surface area contributed by atoms with Gasteiger partial charge >= 0.3 is 5.69 Å². The van der Waals surface area contributed by atoms with E-state index in [-0.39, 0.29) is 11.5 Å². The van der Waals surface area contributed by atoms with Crippen molar-refractivity contribution >= 4 is 5.91 Å². The third-order valence-electron chi connectivity index (χ3n) is 2.38. The number of aromatic amines is 1. The van der Waals surface area contributed by atoms with E-state index in [2.05, 4.69) is 5.32 Å². The maximum absolute atomic E-state index is 12.0. The summed E-state index contributed by atoms with van der Waals surface area (Å²) in [5.74, 6) is -0.370. The molecule has 2 N–H and O–H groups in total. The van der Waals surface area contributed by atoms with Gasteiger partial charge < -0.3 is 5.32 Å². The van der Waals surface area contributed by atoms with Crippen molar-refractivity contribution in [1.29, 1.82) is 5.26 Å². The highest BCUT2D eigenvalue weighted by Crippen LogP contribution is 2.06. The lowest BCUT2D eigenvalue weighted by Crippen LogP contribution is -2.46. The van der Waals surface area contributed by atoms with Crippen molar-refractivity contribution in [3.63, 3.8) is 0 Å². The molecule has 1 unspecified atom stereocenters. The van der Waals surface area contributed by atoms with Crippen LogP contribution in [0.1, 0.15) is 39.3 Å². The Morgan fingerprint density at radius 1 is 1.47 bits per heavy atom. The molecule has 0 bridgehead atoms. The summed E-state index contributed by atoms with van der Waals surface area (Å²) in [5, 5.41) is 11.5. The van der Waals surface area contributed by atoms with Gasteiger partial charge in [-0.15, -0.1) is 0 Å². The quantitative estimate of drug-likeness (QED) is 0.776. The lowest BCUT2D eigenvalue weighted by Gasteiger charge is -2.23. The zero-order chi connectivity index (χ0) is 14.8. The van der Waals surface area contributed by atoms with Gasteiger partial charge in [-0.1, -0.05) is 0 Å². The van der Waals surface area contributed by atoms with Gasteiger partial charge in [-0.3, -0.25) is 19.1 Å². The van der Waals surface area contributed by atoms with Gasteiger partial charge in [-0.05, 0) is 27.7 Å². The number of carbonyl (C=O) groups is 1. The van der Waals surface area contributed by atoms with E-state index < -0.39 is 22.8 Å². The molecule has 0 aliphatic heterocycles. The van der Waals surface area contributed by atoms with E-state index in [9.17, 15) is 14.4 Å². The van der Waals surface area contributed by atoms with E-state index in [1.807, 2.05) is 25.8 Å². The Kier molecular flexibility index (Phi) is 3.95. The summed E-state index contributed by atoms with van der Waals surface area (Å²) in [7, 11) is 0. The van der Waals surface area contributed by atoms with Gasteiger partial charge in [0.25, 0.3) is 5.56 Å². The van der Waals surface area contributed by atoms with Crippen molar-refractivity contribution in [3.8, 4) is 6.07 Å². The average Bonchev–Trinajstić information content (AvgIpc) is 2.26. The van der Waals surface area contributed by atoms with Crippen molar-refractivity contribution in [2.45, 2.75) is 39.3 Å². The summed E-state index contributed by atoms with van der Waals surface area (Å²) < 4.78 is 1.03. The Morgan fingerprint density at radius 3 is 2.53 bits per heavy atom. The number of nitrogens with one attached hydrogen (secondary N) is 2. The van der Waals surface area contributed by atoms with Crippen LogP contribution in [0.15, 0.2) is 15.8 Å². The third kappa shape index (κ3) is 3.55. The van der Waals surface area contributed by atoms with Gasteiger partial charge in [-0.2, -0.15) is 5.26 Å². The van der Waals surface area contributed by atoms with E-state index in [1.165, 1.54) is 6.92 Å². The summed E-state index contributed by atoms with van der Waals surface area (Å²) >= 11 is 0. The first-order chi connectivity index (χ1) is 8.65. The summed E-state index contributed by atoms with van der Waals surface area (Å²) in [5.41, 5.74) is -2.13. The number of nitrogens with zero attached hydrogens (tertiary/aromatic N) is 2. The number of aromatic nitrogens is 2. The van der Waals surface area contributed by atoms with Crippen LogP contribution in [0.25, 0.3) is 0 Å². The fraction of sp³-hybridized carbons (Fsp3) is 0.500. The zero-order valence-electron chi connectivity index (χ0n) is 11.3. The largest absolute Gasteiger partial charge is 0.350 e. The summed E-state index contributed by atoms with van der Waals surface area (Å²) in [6.07, 6.45) is 1.09. The first-order valence-corrected chi connectivity index (χ1v) is 5.73. The molecule has 0 saturated carbocycles. The Labute approximate surface area is 109 Å². The van der Waals surface area contributed by atoms with Crippen LogP contribution in [-0.4, -0.2) is 21.0 Å². The number of carbonyl (C=O) groups excluding carboxylic acids is 1. The second-order valence-electron chi connectivity index (χ2n) is 5.24. The Bertz CT molecular complexity index is 643. The Morgan fingerprint density at radius 2 is 2.05 bits per heavy atom. The molecule has 1 aromatic heterocycles. The first kappa shape index (κ1) is 14.7. The SMILES string of the molecule is CC(C(=O)NC(C)(C)C)n1cc(C#N)c(=O)[nH]c1=O. The molecule has 0 aliphatic carbocycles. The maximum Gasteiger partial charge on any atom is 0.329 e. The molecule has 19 heavy (non-hydrogen) atoms. The molecule has 7 nitrogen and oxygen atoms in total. The Hall–Kier alpha value is -2.36. The van der Waals surface area contributed by atoms with Crippen LogP contribution in [0, 0.1) is 11.3 Å². The highest BCUT2D eigenvalue weighted by Gasteiger charge is 2.22. The van der Waals surface area contributed by atoms with Crippen molar-refractivity contribution < 1.29 is 4.79 Å². The highest BCUT2D eigenvalue weighted by atomic mass is 16.2. The van der Waals surface area contributed by atoms with Crippen LogP contribution in [0.3, 0.4) is 0 Å². The maximum atomic E-state index is 12.0. The van der Waals surface area contributed by atoms with Gasteiger partial charge in [0.05, 0.1) is 0 Å². The van der Waals surface area contributed by atoms with Crippen LogP contribution in [0.2, 0.25) is 0 Å². The molecule has 7 heteroatoms. The van der Waals surface area contributed by atoms with Crippen molar-refractivity contribution in [3.05, 3.63) is 32.6 Å². The van der Waals surface area contributed by atoms with Crippen LogP contribution < -0.4 is 16.6 Å². The molecule has 0 aromatic carbocycles. The van der Waals surface area contributed by atoms with Crippen LogP contribution in [-0.2, 0) is 4.79 Å². The predicted octanol–water partition coefficient (Wildman–Crippen LogP) is -0.116. The fourth-order valence-electron chi connectivity index (χ4n) is 1.45. The summed E-state index contributed by atoms with van der Waals surface area (Å²) in [6, 6.07) is 0.846. The summed E-state index contributed by atoms with van der Waals surface area (Å²) in [6.45, 7) is 6.96. The molecule has 102 valence electrons. The highest BCUT2D eigenvalue weighted by molar-refractivity contribution is 5.80. The molecule has 0 radical (unpaired) electrons. The normalized spacial score (nSPS) is 12.6. The number of hydrogen-bond donors (Lipinski definition) is 2. The Balaban J connectivity index is 3.18. The lowest BCUT2D eigenvalue weighted by atomic mass is 10.1. The smallest absolute Gasteiger partial charge is 0.329 e. The monoisotopic (exact) mass is 264 g/mol. The minimum absolute atomic E-state index is 0.213. The second-order valence-corrected chi connectivity index (χ2v) is 5.24. The molecule has 0 spiro atoms. The molecular weight excluding hydrogens is 248 g/mol. The van der Waals surface area contributed by atoms with Gasteiger partial charge in [-0.25, -0.2) is 4.79 Å².